The zero-order valence-electron chi connectivity index (χ0n) is 12.2. The molecule has 0 saturated carbocycles. The number of nitrogens with zero attached hydrogens (tertiary/aromatic N) is 3. The van der Waals surface area contributed by atoms with E-state index in [4.69, 9.17) is 5.73 Å². The summed E-state index contributed by atoms with van der Waals surface area (Å²) in [5.41, 5.74) is 6.66. The minimum atomic E-state index is -1.09. The first kappa shape index (κ1) is 14.8. The maximum atomic E-state index is 9.80. The van der Waals surface area contributed by atoms with Crippen molar-refractivity contribution >= 4 is 11.5 Å². The van der Waals surface area contributed by atoms with E-state index in [2.05, 4.69) is 11.1 Å². The molecule has 0 aliphatic heterocycles. The van der Waals surface area contributed by atoms with Crippen molar-refractivity contribution < 1.29 is 0 Å². The van der Waals surface area contributed by atoms with E-state index >= 15 is 0 Å². The highest BCUT2D eigenvalue weighted by Gasteiger charge is 2.39. The molecule has 0 aliphatic rings. The fourth-order valence-corrected chi connectivity index (χ4v) is 2.26. The van der Waals surface area contributed by atoms with Gasteiger partial charge in [-0.15, -0.1) is 0 Å². The predicted octanol–water partition coefficient (Wildman–Crippen LogP) is 2.66. The van der Waals surface area contributed by atoms with Crippen molar-refractivity contribution in [2.45, 2.75) is 5.54 Å². The van der Waals surface area contributed by atoms with Crippen LogP contribution in [-0.2, 0) is 5.54 Å². The smallest absolute Gasteiger partial charge is 0.191 e. The summed E-state index contributed by atoms with van der Waals surface area (Å²) in [5.74, 6) is 0.257. The normalized spacial score (nSPS) is 14.5. The van der Waals surface area contributed by atoms with Gasteiger partial charge in [0, 0.05) is 0 Å². The van der Waals surface area contributed by atoms with Crippen LogP contribution in [0.5, 0.6) is 0 Å². The standard InChI is InChI=1S/C17H18N4/c1-21(2)17(13-18,14-9-5-3-6-10-14)16(19)20-15-11-7-4-8-12-15/h3-12H,1-2H3,(H2,19,20). The Labute approximate surface area is 125 Å². The Kier molecular flexibility index (Phi) is 4.36. The number of likely N-dealkylation sites (N-methyl/N-ethyl adjacent to an activating group) is 1. The summed E-state index contributed by atoms with van der Waals surface area (Å²) in [6, 6.07) is 21.2. The second-order valence-electron chi connectivity index (χ2n) is 4.92. The summed E-state index contributed by atoms with van der Waals surface area (Å²) >= 11 is 0. The maximum Gasteiger partial charge on any atom is 0.191 e. The van der Waals surface area contributed by atoms with E-state index in [0.29, 0.717) is 0 Å². The highest BCUT2D eigenvalue weighted by atomic mass is 15.2. The third-order valence-corrected chi connectivity index (χ3v) is 3.40. The van der Waals surface area contributed by atoms with Crippen LogP contribution >= 0.6 is 0 Å². The van der Waals surface area contributed by atoms with Crippen LogP contribution < -0.4 is 5.73 Å². The van der Waals surface area contributed by atoms with Gasteiger partial charge < -0.3 is 5.73 Å². The van der Waals surface area contributed by atoms with Crippen molar-refractivity contribution in [3.8, 4) is 6.07 Å². The molecule has 2 rings (SSSR count). The maximum absolute atomic E-state index is 9.80. The quantitative estimate of drug-likeness (QED) is 0.690. The molecule has 21 heavy (non-hydrogen) atoms. The van der Waals surface area contributed by atoms with E-state index in [1.54, 1.807) is 4.90 Å². The topological polar surface area (TPSA) is 65.4 Å². The molecule has 106 valence electrons. The molecule has 0 fully saturated rings. The average molecular weight is 278 g/mol. The van der Waals surface area contributed by atoms with Gasteiger partial charge in [-0.05, 0) is 31.8 Å². The Hall–Kier alpha value is -2.64. The number of hydrogen-bond acceptors (Lipinski definition) is 3. The van der Waals surface area contributed by atoms with Crippen LogP contribution in [0.15, 0.2) is 65.7 Å². The molecular weight excluding hydrogens is 260 g/mol. The zero-order valence-corrected chi connectivity index (χ0v) is 12.2. The van der Waals surface area contributed by atoms with Gasteiger partial charge >= 0.3 is 0 Å². The molecule has 1 unspecified atom stereocenters. The molecule has 2 N–H and O–H groups in total. The van der Waals surface area contributed by atoms with E-state index in [0.717, 1.165) is 11.3 Å². The third kappa shape index (κ3) is 2.78. The van der Waals surface area contributed by atoms with Gasteiger partial charge in [0.15, 0.2) is 5.54 Å². The lowest BCUT2D eigenvalue weighted by Crippen LogP contribution is -2.50. The predicted molar refractivity (Wildman–Crippen MR) is 85.1 cm³/mol. The van der Waals surface area contributed by atoms with Crippen molar-refractivity contribution in [2.24, 2.45) is 10.7 Å². The SMILES string of the molecule is CN(C)C(C#N)(C(N)=Nc1ccccc1)c1ccccc1. The number of para-hydroxylation sites is 1. The molecule has 0 heterocycles. The van der Waals surface area contributed by atoms with Crippen LogP contribution in [0.25, 0.3) is 0 Å². The molecule has 0 spiro atoms. The highest BCUT2D eigenvalue weighted by molar-refractivity contribution is 5.95. The first-order valence-corrected chi connectivity index (χ1v) is 6.65. The summed E-state index contributed by atoms with van der Waals surface area (Å²) in [6.45, 7) is 0. The Balaban J connectivity index is 2.57. The van der Waals surface area contributed by atoms with Gasteiger partial charge in [0.1, 0.15) is 5.84 Å². The van der Waals surface area contributed by atoms with E-state index in [9.17, 15) is 5.26 Å². The zero-order chi connectivity index (χ0) is 15.3. The fourth-order valence-electron chi connectivity index (χ4n) is 2.26. The first-order valence-electron chi connectivity index (χ1n) is 6.65. The molecule has 2 aromatic carbocycles. The average Bonchev–Trinajstić information content (AvgIpc) is 2.50. The first-order chi connectivity index (χ1) is 10.1. The summed E-state index contributed by atoms with van der Waals surface area (Å²) in [5, 5.41) is 9.80. The van der Waals surface area contributed by atoms with Gasteiger partial charge in [-0.2, -0.15) is 5.26 Å². The molecule has 0 amide bonds. The minimum Gasteiger partial charge on any atom is -0.384 e. The second kappa shape index (κ2) is 6.21. The third-order valence-electron chi connectivity index (χ3n) is 3.40. The Morgan fingerprint density at radius 1 is 1.05 bits per heavy atom. The molecule has 0 aromatic heterocycles. The number of aliphatic imine (C=N–C) groups is 1. The van der Waals surface area contributed by atoms with Gasteiger partial charge in [0.25, 0.3) is 0 Å². The number of amidine groups is 1. The van der Waals surface area contributed by atoms with Crippen molar-refractivity contribution in [2.75, 3.05) is 14.1 Å². The van der Waals surface area contributed by atoms with E-state index < -0.39 is 5.54 Å². The number of nitriles is 1. The van der Waals surface area contributed by atoms with Crippen LogP contribution in [0.3, 0.4) is 0 Å². The molecule has 1 atom stereocenters. The van der Waals surface area contributed by atoms with Crippen molar-refractivity contribution in [3.05, 3.63) is 66.2 Å². The Morgan fingerprint density at radius 2 is 1.57 bits per heavy atom. The lowest BCUT2D eigenvalue weighted by molar-refractivity contribution is 0.295. The summed E-state index contributed by atoms with van der Waals surface area (Å²) < 4.78 is 0. The molecule has 0 radical (unpaired) electrons. The molecule has 4 heteroatoms. The second-order valence-corrected chi connectivity index (χ2v) is 4.92. The van der Waals surface area contributed by atoms with E-state index in [-0.39, 0.29) is 5.84 Å². The summed E-state index contributed by atoms with van der Waals surface area (Å²) in [6.07, 6.45) is 0. The number of hydrogen-bond donors (Lipinski definition) is 1. The van der Waals surface area contributed by atoms with Crippen LogP contribution in [0.4, 0.5) is 5.69 Å². The van der Waals surface area contributed by atoms with Gasteiger partial charge in [-0.1, -0.05) is 48.5 Å². The van der Waals surface area contributed by atoms with Crippen LogP contribution in [0.1, 0.15) is 5.56 Å². The Morgan fingerprint density at radius 3 is 2.05 bits per heavy atom. The molecule has 2 aromatic rings. The number of benzene rings is 2. The van der Waals surface area contributed by atoms with Gasteiger partial charge in [-0.25, -0.2) is 4.99 Å². The highest BCUT2D eigenvalue weighted by Crippen LogP contribution is 2.27. The number of nitrogens with two attached hydrogens (primary N) is 1. The largest absolute Gasteiger partial charge is 0.384 e. The fraction of sp³-hybridized carbons (Fsp3) is 0.176. The Bertz CT molecular complexity index is 656. The molecule has 4 nitrogen and oxygen atoms in total. The molecule has 0 aliphatic carbocycles. The number of rotatable bonds is 4. The molecule has 0 saturated heterocycles. The molecule has 0 bridgehead atoms. The lowest BCUT2D eigenvalue weighted by Gasteiger charge is -2.33. The van der Waals surface area contributed by atoms with Crippen molar-refractivity contribution in [1.82, 2.24) is 4.90 Å². The van der Waals surface area contributed by atoms with E-state index in [1.807, 2.05) is 74.8 Å². The van der Waals surface area contributed by atoms with Crippen LogP contribution in [0, 0.1) is 11.3 Å². The minimum absolute atomic E-state index is 0.257. The molecular formula is C17H18N4. The van der Waals surface area contributed by atoms with Crippen molar-refractivity contribution in [3.63, 3.8) is 0 Å². The van der Waals surface area contributed by atoms with Crippen LogP contribution in [-0.4, -0.2) is 24.8 Å². The van der Waals surface area contributed by atoms with Gasteiger partial charge in [-0.3, -0.25) is 4.90 Å². The summed E-state index contributed by atoms with van der Waals surface area (Å²) in [4.78, 5) is 6.21. The summed E-state index contributed by atoms with van der Waals surface area (Å²) in [7, 11) is 3.65. The van der Waals surface area contributed by atoms with Crippen molar-refractivity contribution in [1.29, 1.82) is 5.26 Å². The van der Waals surface area contributed by atoms with Gasteiger partial charge in [0.05, 0.1) is 11.8 Å². The van der Waals surface area contributed by atoms with E-state index in [1.165, 1.54) is 0 Å². The lowest BCUT2D eigenvalue weighted by atomic mass is 9.88. The van der Waals surface area contributed by atoms with Gasteiger partial charge in [0.2, 0.25) is 0 Å². The van der Waals surface area contributed by atoms with Crippen LogP contribution in [0.2, 0.25) is 0 Å². The monoisotopic (exact) mass is 278 g/mol.